The molecule has 0 spiro atoms. The molecule has 5 heteroatoms. The Bertz CT molecular complexity index is 443. The van der Waals surface area contributed by atoms with Crippen LogP contribution in [-0.4, -0.2) is 29.1 Å². The Kier molecular flexibility index (Phi) is 2.92. The minimum absolute atomic E-state index is 0.167. The molecular formula is C12H17N3O2. The lowest BCUT2D eigenvalue weighted by atomic mass is 10.1. The molecule has 0 radical (unpaired) electrons. The second kappa shape index (κ2) is 4.24. The molecule has 1 unspecified atom stereocenters. The summed E-state index contributed by atoms with van der Waals surface area (Å²) in [6, 6.07) is 1.77. The molecule has 5 nitrogen and oxygen atoms in total. The lowest BCUT2D eigenvalue weighted by molar-refractivity contribution is 0.0697. The number of carboxylic acids is 1. The van der Waals surface area contributed by atoms with Crippen molar-refractivity contribution < 1.29 is 9.90 Å². The summed E-state index contributed by atoms with van der Waals surface area (Å²) in [6.45, 7) is 2.10. The van der Waals surface area contributed by atoms with Crippen molar-refractivity contribution in [3.63, 3.8) is 0 Å². The number of carbonyl (C=O) groups is 1. The Morgan fingerprint density at radius 2 is 2.29 bits per heavy atom. The summed E-state index contributed by atoms with van der Waals surface area (Å²) in [5, 5.41) is 9.15. The van der Waals surface area contributed by atoms with E-state index in [9.17, 15) is 4.79 Å². The maximum Gasteiger partial charge on any atom is 0.339 e. The van der Waals surface area contributed by atoms with Gasteiger partial charge in [0.15, 0.2) is 0 Å². The van der Waals surface area contributed by atoms with E-state index < -0.39 is 5.97 Å². The topological polar surface area (TPSA) is 79.5 Å². The van der Waals surface area contributed by atoms with Gasteiger partial charge in [0.05, 0.1) is 11.9 Å². The van der Waals surface area contributed by atoms with Crippen molar-refractivity contribution in [2.75, 3.05) is 17.7 Å². The number of pyridine rings is 1. The molecule has 1 aromatic heterocycles. The van der Waals surface area contributed by atoms with Crippen LogP contribution in [-0.2, 0) is 0 Å². The van der Waals surface area contributed by atoms with Gasteiger partial charge in [-0.05, 0) is 31.7 Å². The molecule has 0 saturated heterocycles. The van der Waals surface area contributed by atoms with Crippen LogP contribution < -0.4 is 10.6 Å². The second-order valence-electron chi connectivity index (χ2n) is 4.63. The standard InChI is InChI=1S/C12H17N3O2/c1-7(8-3-4-8)15(2)11-10(12(16)17)5-9(13)6-14-11/h5-8H,3-4,13H2,1-2H3,(H,16,17). The van der Waals surface area contributed by atoms with Gasteiger partial charge < -0.3 is 15.7 Å². The highest BCUT2D eigenvalue weighted by atomic mass is 16.4. The third-order valence-electron chi connectivity index (χ3n) is 3.37. The van der Waals surface area contributed by atoms with E-state index in [1.807, 2.05) is 11.9 Å². The van der Waals surface area contributed by atoms with Crippen LogP contribution in [0.15, 0.2) is 12.3 Å². The van der Waals surface area contributed by atoms with Crippen LogP contribution in [0.4, 0.5) is 11.5 Å². The first-order valence-electron chi connectivity index (χ1n) is 5.72. The summed E-state index contributed by atoms with van der Waals surface area (Å²) in [6.07, 6.45) is 3.92. The summed E-state index contributed by atoms with van der Waals surface area (Å²) in [7, 11) is 1.88. The zero-order valence-corrected chi connectivity index (χ0v) is 10.1. The summed E-state index contributed by atoms with van der Waals surface area (Å²) in [5.74, 6) is 0.154. The fourth-order valence-corrected chi connectivity index (χ4v) is 2.00. The number of hydrogen-bond acceptors (Lipinski definition) is 4. The van der Waals surface area contributed by atoms with Crippen molar-refractivity contribution in [1.29, 1.82) is 0 Å². The van der Waals surface area contributed by atoms with Gasteiger partial charge in [0, 0.05) is 13.1 Å². The lowest BCUT2D eigenvalue weighted by Crippen LogP contribution is -2.32. The third kappa shape index (κ3) is 2.33. The van der Waals surface area contributed by atoms with Crippen LogP contribution in [0.25, 0.3) is 0 Å². The summed E-state index contributed by atoms with van der Waals surface area (Å²) >= 11 is 0. The van der Waals surface area contributed by atoms with Crippen LogP contribution in [0.5, 0.6) is 0 Å². The lowest BCUT2D eigenvalue weighted by Gasteiger charge is -2.27. The predicted octanol–water partition coefficient (Wildman–Crippen LogP) is 1.60. The molecule has 92 valence electrons. The van der Waals surface area contributed by atoms with Crippen LogP contribution >= 0.6 is 0 Å². The number of nitrogens with zero attached hydrogens (tertiary/aromatic N) is 2. The van der Waals surface area contributed by atoms with Gasteiger partial charge in [-0.15, -0.1) is 0 Å². The number of aromatic carboxylic acids is 1. The third-order valence-corrected chi connectivity index (χ3v) is 3.37. The molecule has 0 bridgehead atoms. The van der Waals surface area contributed by atoms with Crippen molar-refractivity contribution in [2.45, 2.75) is 25.8 Å². The van der Waals surface area contributed by atoms with Gasteiger partial charge in [0.1, 0.15) is 11.4 Å². The zero-order valence-electron chi connectivity index (χ0n) is 10.1. The Labute approximate surface area is 100 Å². The predicted molar refractivity (Wildman–Crippen MR) is 66.2 cm³/mol. The van der Waals surface area contributed by atoms with Gasteiger partial charge in [-0.25, -0.2) is 9.78 Å². The first-order chi connectivity index (χ1) is 8.00. The van der Waals surface area contributed by atoms with Gasteiger partial charge in [0.25, 0.3) is 0 Å². The molecule has 1 aliphatic rings. The van der Waals surface area contributed by atoms with E-state index in [1.165, 1.54) is 25.1 Å². The van der Waals surface area contributed by atoms with Crippen LogP contribution in [0, 0.1) is 5.92 Å². The molecule has 0 aliphatic heterocycles. The smallest absolute Gasteiger partial charge is 0.339 e. The Morgan fingerprint density at radius 3 is 2.82 bits per heavy atom. The Hall–Kier alpha value is -1.78. The van der Waals surface area contributed by atoms with E-state index in [0.29, 0.717) is 23.5 Å². The van der Waals surface area contributed by atoms with Crippen molar-refractivity contribution >= 4 is 17.5 Å². The molecule has 1 atom stereocenters. The van der Waals surface area contributed by atoms with Gasteiger partial charge in [-0.1, -0.05) is 0 Å². The average Bonchev–Trinajstić information content (AvgIpc) is 3.10. The van der Waals surface area contributed by atoms with Gasteiger partial charge in [-0.2, -0.15) is 0 Å². The maximum absolute atomic E-state index is 11.2. The van der Waals surface area contributed by atoms with Crippen molar-refractivity contribution in [3.05, 3.63) is 17.8 Å². The van der Waals surface area contributed by atoms with Gasteiger partial charge >= 0.3 is 5.97 Å². The first kappa shape index (κ1) is 11.7. The van der Waals surface area contributed by atoms with Crippen molar-refractivity contribution in [2.24, 2.45) is 5.92 Å². The van der Waals surface area contributed by atoms with E-state index in [0.717, 1.165) is 0 Å². The average molecular weight is 235 g/mol. The molecule has 2 rings (SSSR count). The SMILES string of the molecule is CC(C1CC1)N(C)c1ncc(N)cc1C(=O)O. The number of carboxylic acid groups (broad SMARTS) is 1. The maximum atomic E-state index is 11.2. The van der Waals surface area contributed by atoms with Crippen LogP contribution in [0.2, 0.25) is 0 Å². The quantitative estimate of drug-likeness (QED) is 0.828. The van der Waals surface area contributed by atoms with E-state index >= 15 is 0 Å². The van der Waals surface area contributed by atoms with Gasteiger partial charge in [0.2, 0.25) is 0 Å². The van der Waals surface area contributed by atoms with Crippen LogP contribution in [0.3, 0.4) is 0 Å². The van der Waals surface area contributed by atoms with Gasteiger partial charge in [-0.3, -0.25) is 0 Å². The highest BCUT2D eigenvalue weighted by molar-refractivity contribution is 5.94. The highest BCUT2D eigenvalue weighted by Crippen LogP contribution is 2.36. The summed E-state index contributed by atoms with van der Waals surface area (Å²) < 4.78 is 0. The monoisotopic (exact) mass is 235 g/mol. The number of hydrogen-bond donors (Lipinski definition) is 2. The molecule has 1 aliphatic carbocycles. The molecule has 0 amide bonds. The highest BCUT2D eigenvalue weighted by Gasteiger charge is 2.32. The number of nitrogens with two attached hydrogens (primary N) is 1. The zero-order chi connectivity index (χ0) is 12.6. The van der Waals surface area contributed by atoms with Crippen molar-refractivity contribution in [3.8, 4) is 0 Å². The molecular weight excluding hydrogens is 218 g/mol. The van der Waals surface area contributed by atoms with Crippen molar-refractivity contribution in [1.82, 2.24) is 4.98 Å². The first-order valence-corrected chi connectivity index (χ1v) is 5.72. The van der Waals surface area contributed by atoms with E-state index in [1.54, 1.807) is 0 Å². The van der Waals surface area contributed by atoms with Crippen LogP contribution in [0.1, 0.15) is 30.1 Å². The van der Waals surface area contributed by atoms with E-state index in [2.05, 4.69) is 11.9 Å². The minimum Gasteiger partial charge on any atom is -0.478 e. The normalized spacial score (nSPS) is 16.6. The number of anilines is 2. The minimum atomic E-state index is -0.991. The molecule has 1 saturated carbocycles. The number of aromatic nitrogens is 1. The summed E-state index contributed by atoms with van der Waals surface area (Å²) in [4.78, 5) is 17.2. The largest absolute Gasteiger partial charge is 0.478 e. The van der Waals surface area contributed by atoms with E-state index in [-0.39, 0.29) is 5.56 Å². The molecule has 3 N–H and O–H groups in total. The number of nitrogen functional groups attached to an aromatic ring is 1. The molecule has 17 heavy (non-hydrogen) atoms. The summed E-state index contributed by atoms with van der Waals surface area (Å²) in [5.41, 5.74) is 6.11. The molecule has 1 fully saturated rings. The fourth-order valence-electron chi connectivity index (χ4n) is 2.00. The molecule has 1 aromatic rings. The molecule has 1 heterocycles. The number of rotatable bonds is 4. The fraction of sp³-hybridized carbons (Fsp3) is 0.500. The second-order valence-corrected chi connectivity index (χ2v) is 4.63. The Morgan fingerprint density at radius 1 is 1.65 bits per heavy atom. The van der Waals surface area contributed by atoms with E-state index in [4.69, 9.17) is 10.8 Å². The molecule has 0 aromatic carbocycles. The Balaban J connectivity index is 2.32.